The SMILES string of the molecule is COC1CCC(Nc2cccnc2N2CCCC2)CC1. The Morgan fingerprint density at radius 3 is 2.65 bits per heavy atom. The molecule has 0 aromatic carbocycles. The van der Waals surface area contributed by atoms with Crippen LogP contribution in [0, 0.1) is 0 Å². The summed E-state index contributed by atoms with van der Waals surface area (Å²) in [5.74, 6) is 1.14. The molecule has 1 aromatic rings. The summed E-state index contributed by atoms with van der Waals surface area (Å²) in [4.78, 5) is 7.00. The van der Waals surface area contributed by atoms with Gasteiger partial charge in [-0.15, -0.1) is 0 Å². The molecule has 1 saturated heterocycles. The molecule has 4 nitrogen and oxygen atoms in total. The monoisotopic (exact) mass is 275 g/mol. The molecule has 0 radical (unpaired) electrons. The zero-order chi connectivity index (χ0) is 13.8. The highest BCUT2D eigenvalue weighted by atomic mass is 16.5. The number of ether oxygens (including phenoxy) is 1. The quantitative estimate of drug-likeness (QED) is 0.916. The number of methoxy groups -OCH3 is 1. The van der Waals surface area contributed by atoms with E-state index in [9.17, 15) is 0 Å². The van der Waals surface area contributed by atoms with Crippen LogP contribution in [0.5, 0.6) is 0 Å². The van der Waals surface area contributed by atoms with Crippen LogP contribution >= 0.6 is 0 Å². The summed E-state index contributed by atoms with van der Waals surface area (Å²) >= 11 is 0. The first-order chi connectivity index (χ1) is 9.86. The van der Waals surface area contributed by atoms with E-state index < -0.39 is 0 Å². The summed E-state index contributed by atoms with van der Waals surface area (Å²) < 4.78 is 5.45. The fraction of sp³-hybridized carbons (Fsp3) is 0.688. The lowest BCUT2D eigenvalue weighted by molar-refractivity contribution is 0.0682. The van der Waals surface area contributed by atoms with E-state index in [0.717, 1.165) is 31.7 Å². The summed E-state index contributed by atoms with van der Waals surface area (Å²) in [5, 5.41) is 3.71. The number of hydrogen-bond donors (Lipinski definition) is 1. The van der Waals surface area contributed by atoms with E-state index in [1.807, 2.05) is 19.4 Å². The van der Waals surface area contributed by atoms with Crippen LogP contribution in [-0.2, 0) is 4.74 Å². The molecule has 0 atom stereocenters. The van der Waals surface area contributed by atoms with E-state index >= 15 is 0 Å². The van der Waals surface area contributed by atoms with Crippen LogP contribution < -0.4 is 10.2 Å². The summed E-state index contributed by atoms with van der Waals surface area (Å²) in [6, 6.07) is 4.76. The fourth-order valence-corrected chi connectivity index (χ4v) is 3.35. The van der Waals surface area contributed by atoms with E-state index in [2.05, 4.69) is 21.3 Å². The first-order valence-electron chi connectivity index (χ1n) is 7.86. The average molecular weight is 275 g/mol. The van der Waals surface area contributed by atoms with E-state index in [-0.39, 0.29) is 0 Å². The number of rotatable bonds is 4. The van der Waals surface area contributed by atoms with Gasteiger partial charge in [0.25, 0.3) is 0 Å². The molecule has 1 aliphatic heterocycles. The molecule has 0 unspecified atom stereocenters. The van der Waals surface area contributed by atoms with E-state index in [0.29, 0.717) is 12.1 Å². The summed E-state index contributed by atoms with van der Waals surface area (Å²) in [5.41, 5.74) is 1.20. The Morgan fingerprint density at radius 1 is 1.20 bits per heavy atom. The van der Waals surface area contributed by atoms with E-state index in [4.69, 9.17) is 4.74 Å². The number of anilines is 2. The number of pyridine rings is 1. The largest absolute Gasteiger partial charge is 0.381 e. The van der Waals surface area contributed by atoms with Crippen molar-refractivity contribution in [2.24, 2.45) is 0 Å². The molecule has 2 aliphatic rings. The first kappa shape index (κ1) is 13.7. The predicted octanol–water partition coefficient (Wildman–Crippen LogP) is 3.05. The molecule has 3 rings (SSSR count). The maximum Gasteiger partial charge on any atom is 0.151 e. The molecule has 1 saturated carbocycles. The third-order valence-corrected chi connectivity index (χ3v) is 4.56. The van der Waals surface area contributed by atoms with Crippen molar-refractivity contribution in [1.29, 1.82) is 0 Å². The number of nitrogens with one attached hydrogen (secondary N) is 1. The van der Waals surface area contributed by atoms with Gasteiger partial charge in [0.15, 0.2) is 5.82 Å². The molecule has 20 heavy (non-hydrogen) atoms. The van der Waals surface area contributed by atoms with Crippen molar-refractivity contribution in [3.8, 4) is 0 Å². The van der Waals surface area contributed by atoms with Crippen LogP contribution in [-0.4, -0.2) is 37.3 Å². The Balaban J connectivity index is 1.65. The van der Waals surface area contributed by atoms with Gasteiger partial charge in [0, 0.05) is 32.4 Å². The van der Waals surface area contributed by atoms with Crippen LogP contribution in [0.4, 0.5) is 11.5 Å². The zero-order valence-corrected chi connectivity index (χ0v) is 12.3. The molecular weight excluding hydrogens is 250 g/mol. The minimum absolute atomic E-state index is 0.458. The highest BCUT2D eigenvalue weighted by molar-refractivity contribution is 5.66. The van der Waals surface area contributed by atoms with Crippen LogP contribution in [0.1, 0.15) is 38.5 Å². The van der Waals surface area contributed by atoms with Gasteiger partial charge in [-0.05, 0) is 50.7 Å². The van der Waals surface area contributed by atoms with Gasteiger partial charge in [-0.1, -0.05) is 0 Å². The third kappa shape index (κ3) is 3.06. The smallest absolute Gasteiger partial charge is 0.151 e. The van der Waals surface area contributed by atoms with Gasteiger partial charge in [-0.2, -0.15) is 0 Å². The predicted molar refractivity (Wildman–Crippen MR) is 82.4 cm³/mol. The zero-order valence-electron chi connectivity index (χ0n) is 12.3. The Labute approximate surface area is 121 Å². The van der Waals surface area contributed by atoms with Crippen molar-refractivity contribution >= 4 is 11.5 Å². The molecule has 110 valence electrons. The average Bonchev–Trinajstić information content (AvgIpc) is 3.03. The normalized spacial score (nSPS) is 26.8. The van der Waals surface area contributed by atoms with Crippen LogP contribution in [0.3, 0.4) is 0 Å². The Bertz CT molecular complexity index is 423. The van der Waals surface area contributed by atoms with Crippen molar-refractivity contribution in [1.82, 2.24) is 4.98 Å². The van der Waals surface area contributed by atoms with Gasteiger partial charge in [0.2, 0.25) is 0 Å². The van der Waals surface area contributed by atoms with Crippen LogP contribution in [0.2, 0.25) is 0 Å². The second-order valence-corrected chi connectivity index (χ2v) is 5.92. The molecular formula is C16H25N3O. The van der Waals surface area contributed by atoms with Gasteiger partial charge < -0.3 is 15.0 Å². The van der Waals surface area contributed by atoms with Gasteiger partial charge in [-0.25, -0.2) is 4.98 Å². The minimum atomic E-state index is 0.458. The summed E-state index contributed by atoms with van der Waals surface area (Å²) in [6.45, 7) is 2.28. The van der Waals surface area contributed by atoms with Crippen molar-refractivity contribution in [2.45, 2.75) is 50.7 Å². The van der Waals surface area contributed by atoms with Gasteiger partial charge >= 0.3 is 0 Å². The molecule has 1 aliphatic carbocycles. The maximum absolute atomic E-state index is 5.45. The number of nitrogens with zero attached hydrogens (tertiary/aromatic N) is 2. The Kier molecular flexibility index (Phi) is 4.41. The second-order valence-electron chi connectivity index (χ2n) is 5.92. The Morgan fingerprint density at radius 2 is 1.95 bits per heavy atom. The second kappa shape index (κ2) is 6.44. The van der Waals surface area contributed by atoms with E-state index in [1.165, 1.54) is 31.4 Å². The first-order valence-corrected chi connectivity index (χ1v) is 7.86. The van der Waals surface area contributed by atoms with E-state index in [1.54, 1.807) is 0 Å². The molecule has 1 N–H and O–H groups in total. The number of aromatic nitrogens is 1. The lowest BCUT2D eigenvalue weighted by atomic mass is 9.93. The minimum Gasteiger partial charge on any atom is -0.381 e. The highest BCUT2D eigenvalue weighted by Gasteiger charge is 2.23. The molecule has 2 heterocycles. The van der Waals surface area contributed by atoms with Crippen LogP contribution in [0.15, 0.2) is 18.3 Å². The molecule has 0 spiro atoms. The number of hydrogen-bond acceptors (Lipinski definition) is 4. The highest BCUT2D eigenvalue weighted by Crippen LogP contribution is 2.29. The van der Waals surface area contributed by atoms with Crippen molar-refractivity contribution in [2.75, 3.05) is 30.4 Å². The fourth-order valence-electron chi connectivity index (χ4n) is 3.35. The molecule has 0 bridgehead atoms. The lowest BCUT2D eigenvalue weighted by Gasteiger charge is -2.30. The standard InChI is InChI=1S/C16H25N3O/c1-20-14-8-6-13(7-9-14)18-15-5-4-10-17-16(15)19-11-2-3-12-19/h4-5,10,13-14,18H,2-3,6-9,11-12H2,1H3. The molecule has 4 heteroatoms. The topological polar surface area (TPSA) is 37.4 Å². The molecule has 1 aromatic heterocycles. The van der Waals surface area contributed by atoms with Crippen molar-refractivity contribution in [3.63, 3.8) is 0 Å². The third-order valence-electron chi connectivity index (χ3n) is 4.56. The summed E-state index contributed by atoms with van der Waals surface area (Å²) in [6.07, 6.45) is 9.63. The van der Waals surface area contributed by atoms with Gasteiger partial charge in [-0.3, -0.25) is 0 Å². The lowest BCUT2D eigenvalue weighted by Crippen LogP contribution is -2.30. The van der Waals surface area contributed by atoms with Gasteiger partial charge in [0.1, 0.15) is 0 Å². The van der Waals surface area contributed by atoms with Crippen LogP contribution in [0.25, 0.3) is 0 Å². The maximum atomic E-state index is 5.45. The van der Waals surface area contributed by atoms with Crippen molar-refractivity contribution < 1.29 is 4.74 Å². The van der Waals surface area contributed by atoms with Crippen molar-refractivity contribution in [3.05, 3.63) is 18.3 Å². The van der Waals surface area contributed by atoms with Gasteiger partial charge in [0.05, 0.1) is 11.8 Å². The molecule has 2 fully saturated rings. The Hall–Kier alpha value is -1.29. The molecule has 0 amide bonds. The summed E-state index contributed by atoms with van der Waals surface area (Å²) in [7, 11) is 1.82.